The molecule has 0 spiro atoms. The lowest BCUT2D eigenvalue weighted by Gasteiger charge is -2.31. The van der Waals surface area contributed by atoms with E-state index in [1.807, 2.05) is 24.3 Å². The third-order valence-electron chi connectivity index (χ3n) is 6.31. The third kappa shape index (κ3) is 5.74. The van der Waals surface area contributed by atoms with Crippen LogP contribution in [-0.2, 0) is 4.74 Å². The summed E-state index contributed by atoms with van der Waals surface area (Å²) in [7, 11) is 0. The number of amides is 2. The number of nitrogens with two attached hydrogens (primary N) is 1. The smallest absolute Gasteiger partial charge is 0.407 e. The van der Waals surface area contributed by atoms with E-state index in [4.69, 9.17) is 10.5 Å². The molecule has 9 nitrogen and oxygen atoms in total. The van der Waals surface area contributed by atoms with Crippen LogP contribution in [0.2, 0.25) is 0 Å². The summed E-state index contributed by atoms with van der Waals surface area (Å²) in [5.41, 5.74) is 8.52. The molecule has 2 aliphatic rings. The van der Waals surface area contributed by atoms with Gasteiger partial charge in [0, 0.05) is 50.5 Å². The molecule has 2 aromatic carbocycles. The van der Waals surface area contributed by atoms with Crippen molar-refractivity contribution in [2.24, 2.45) is 0 Å². The number of carbonyl (C=O) groups is 2. The van der Waals surface area contributed by atoms with Gasteiger partial charge < -0.3 is 30.7 Å². The van der Waals surface area contributed by atoms with Crippen molar-refractivity contribution in [3.63, 3.8) is 0 Å². The average molecular weight is 454 g/mol. The number of carboxylic acid groups (broad SMARTS) is 1. The number of morpholine rings is 1. The standard InChI is InChI=1S/C24H31N5O4/c25-21-3-1-2-4-22(21)26-23(30)18-5-7-19(8-6-18)28-10-9-20(17-28)29(24(31)32)12-11-27-13-15-33-16-14-27/h1-8,20H,9-17,25H2,(H,26,30)(H,31,32). The van der Waals surface area contributed by atoms with Gasteiger partial charge in [-0.3, -0.25) is 9.69 Å². The molecule has 2 saturated heterocycles. The Bertz CT molecular complexity index is 962. The van der Waals surface area contributed by atoms with Gasteiger partial charge in [-0.15, -0.1) is 0 Å². The van der Waals surface area contributed by atoms with Gasteiger partial charge in [-0.05, 0) is 42.8 Å². The molecule has 9 heteroatoms. The average Bonchev–Trinajstić information content (AvgIpc) is 3.31. The molecule has 2 aromatic rings. The zero-order valence-corrected chi connectivity index (χ0v) is 18.7. The molecule has 1 atom stereocenters. The highest BCUT2D eigenvalue weighted by Gasteiger charge is 2.31. The summed E-state index contributed by atoms with van der Waals surface area (Å²) in [5.74, 6) is -0.223. The highest BCUT2D eigenvalue weighted by Crippen LogP contribution is 2.24. The summed E-state index contributed by atoms with van der Waals surface area (Å²) < 4.78 is 5.37. The highest BCUT2D eigenvalue weighted by atomic mass is 16.5. The van der Waals surface area contributed by atoms with E-state index in [9.17, 15) is 14.7 Å². The van der Waals surface area contributed by atoms with Crippen LogP contribution in [0.1, 0.15) is 16.8 Å². The van der Waals surface area contributed by atoms with Crippen LogP contribution in [0.3, 0.4) is 0 Å². The number of hydrogen-bond donors (Lipinski definition) is 3. The highest BCUT2D eigenvalue weighted by molar-refractivity contribution is 6.05. The Hall–Kier alpha value is -3.30. The second-order valence-corrected chi connectivity index (χ2v) is 8.41. The normalized spacial score (nSPS) is 18.8. The first-order valence-electron chi connectivity index (χ1n) is 11.3. The SMILES string of the molecule is Nc1ccccc1NC(=O)c1ccc(N2CCC(N(CCN3CCOCC3)C(=O)O)C2)cc1. The summed E-state index contributed by atoms with van der Waals surface area (Å²) in [5, 5.41) is 12.6. The molecule has 0 aromatic heterocycles. The summed E-state index contributed by atoms with van der Waals surface area (Å²) >= 11 is 0. The van der Waals surface area contributed by atoms with Gasteiger partial charge in [-0.1, -0.05) is 12.1 Å². The molecule has 33 heavy (non-hydrogen) atoms. The van der Waals surface area contributed by atoms with Gasteiger partial charge in [0.05, 0.1) is 30.6 Å². The monoisotopic (exact) mass is 453 g/mol. The second-order valence-electron chi connectivity index (χ2n) is 8.41. The Morgan fingerprint density at radius 2 is 1.82 bits per heavy atom. The molecule has 2 amide bonds. The van der Waals surface area contributed by atoms with Gasteiger partial charge >= 0.3 is 6.09 Å². The quantitative estimate of drug-likeness (QED) is 0.552. The Labute approximate surface area is 193 Å². The van der Waals surface area contributed by atoms with Gasteiger partial charge in [-0.25, -0.2) is 4.79 Å². The van der Waals surface area contributed by atoms with Gasteiger partial charge in [0.1, 0.15) is 0 Å². The molecule has 0 bridgehead atoms. The summed E-state index contributed by atoms with van der Waals surface area (Å²) in [6.45, 7) is 5.74. The molecule has 176 valence electrons. The molecular weight excluding hydrogens is 422 g/mol. The van der Waals surface area contributed by atoms with E-state index >= 15 is 0 Å². The van der Waals surface area contributed by atoms with Crippen molar-refractivity contribution >= 4 is 29.1 Å². The number of benzene rings is 2. The van der Waals surface area contributed by atoms with E-state index < -0.39 is 6.09 Å². The van der Waals surface area contributed by atoms with Gasteiger partial charge in [0.25, 0.3) is 5.91 Å². The zero-order valence-electron chi connectivity index (χ0n) is 18.7. The van der Waals surface area contributed by atoms with E-state index in [1.54, 1.807) is 29.2 Å². The Balaban J connectivity index is 1.33. The van der Waals surface area contributed by atoms with Gasteiger partial charge in [0.2, 0.25) is 0 Å². The van der Waals surface area contributed by atoms with Crippen LogP contribution in [0.4, 0.5) is 21.9 Å². The number of nitrogens with zero attached hydrogens (tertiary/aromatic N) is 3. The molecule has 0 radical (unpaired) electrons. The number of carbonyl (C=O) groups excluding carboxylic acids is 1. The fourth-order valence-corrected chi connectivity index (χ4v) is 4.37. The molecule has 2 heterocycles. The molecular formula is C24H31N5O4. The lowest BCUT2D eigenvalue weighted by atomic mass is 10.1. The Morgan fingerprint density at radius 3 is 2.52 bits per heavy atom. The van der Waals surface area contributed by atoms with E-state index in [1.165, 1.54) is 0 Å². The Morgan fingerprint density at radius 1 is 1.09 bits per heavy atom. The minimum atomic E-state index is -0.873. The van der Waals surface area contributed by atoms with Crippen LogP contribution in [-0.4, -0.2) is 85.4 Å². The maximum Gasteiger partial charge on any atom is 0.407 e. The first-order valence-corrected chi connectivity index (χ1v) is 11.3. The topological polar surface area (TPSA) is 111 Å². The summed E-state index contributed by atoms with van der Waals surface area (Å²) in [6.07, 6.45) is -0.0902. The van der Waals surface area contributed by atoms with Gasteiger partial charge in [-0.2, -0.15) is 0 Å². The molecule has 1 unspecified atom stereocenters. The second kappa shape index (κ2) is 10.5. The van der Waals surface area contributed by atoms with Crippen LogP contribution >= 0.6 is 0 Å². The molecule has 2 fully saturated rings. The van der Waals surface area contributed by atoms with E-state index in [-0.39, 0.29) is 11.9 Å². The summed E-state index contributed by atoms with van der Waals surface area (Å²) in [4.78, 5) is 30.5. The molecule has 0 aliphatic carbocycles. The number of ether oxygens (including phenoxy) is 1. The molecule has 4 N–H and O–H groups in total. The van der Waals surface area contributed by atoms with Crippen molar-refractivity contribution in [1.82, 2.24) is 9.80 Å². The number of rotatable bonds is 7. The van der Waals surface area contributed by atoms with Gasteiger partial charge in [0.15, 0.2) is 0 Å². The number of hydrogen-bond acceptors (Lipinski definition) is 6. The van der Waals surface area contributed by atoms with Crippen molar-refractivity contribution in [2.75, 3.05) is 68.4 Å². The lowest BCUT2D eigenvalue weighted by molar-refractivity contribution is 0.0318. The maximum absolute atomic E-state index is 12.6. The first-order chi connectivity index (χ1) is 16.0. The predicted molar refractivity (Wildman–Crippen MR) is 128 cm³/mol. The van der Waals surface area contributed by atoms with Crippen LogP contribution < -0.4 is 16.0 Å². The first kappa shape index (κ1) is 22.9. The van der Waals surface area contributed by atoms with Crippen molar-refractivity contribution in [1.29, 1.82) is 0 Å². The lowest BCUT2D eigenvalue weighted by Crippen LogP contribution is -2.47. The molecule has 0 saturated carbocycles. The van der Waals surface area contributed by atoms with Crippen molar-refractivity contribution < 1.29 is 19.4 Å². The molecule has 4 rings (SSSR count). The van der Waals surface area contributed by atoms with E-state index in [0.29, 0.717) is 43.2 Å². The van der Waals surface area contributed by atoms with Crippen LogP contribution in [0.15, 0.2) is 48.5 Å². The number of para-hydroxylation sites is 2. The van der Waals surface area contributed by atoms with Crippen molar-refractivity contribution in [3.05, 3.63) is 54.1 Å². The number of nitrogen functional groups attached to an aromatic ring is 1. The predicted octanol–water partition coefficient (Wildman–Crippen LogP) is 2.41. The fraction of sp³-hybridized carbons (Fsp3) is 0.417. The third-order valence-corrected chi connectivity index (χ3v) is 6.31. The van der Waals surface area contributed by atoms with Crippen LogP contribution in [0.25, 0.3) is 0 Å². The summed E-state index contributed by atoms with van der Waals surface area (Å²) in [6, 6.07) is 14.5. The fourth-order valence-electron chi connectivity index (χ4n) is 4.37. The molecule has 2 aliphatic heterocycles. The minimum Gasteiger partial charge on any atom is -0.465 e. The zero-order chi connectivity index (χ0) is 23.2. The van der Waals surface area contributed by atoms with Crippen molar-refractivity contribution in [2.45, 2.75) is 12.5 Å². The van der Waals surface area contributed by atoms with E-state index in [0.717, 1.165) is 38.3 Å². The maximum atomic E-state index is 12.6. The Kier molecular flexibility index (Phi) is 7.31. The number of nitrogens with one attached hydrogen (secondary N) is 1. The minimum absolute atomic E-state index is 0.0485. The van der Waals surface area contributed by atoms with Crippen LogP contribution in [0, 0.1) is 0 Å². The van der Waals surface area contributed by atoms with Crippen molar-refractivity contribution in [3.8, 4) is 0 Å². The van der Waals surface area contributed by atoms with E-state index in [2.05, 4.69) is 15.1 Å². The largest absolute Gasteiger partial charge is 0.465 e. The number of anilines is 3. The van der Waals surface area contributed by atoms with Crippen LogP contribution in [0.5, 0.6) is 0 Å².